The number of halogens is 2. The van der Waals surface area contributed by atoms with Crippen LogP contribution in [0.2, 0.25) is 0 Å². The molecule has 1 aromatic rings. The Morgan fingerprint density at radius 3 is 2.48 bits per heavy atom. The van der Waals surface area contributed by atoms with Crippen molar-refractivity contribution in [1.82, 2.24) is 5.32 Å². The van der Waals surface area contributed by atoms with E-state index in [2.05, 4.69) is 57.9 Å². The van der Waals surface area contributed by atoms with Crippen LogP contribution in [-0.2, 0) is 0 Å². The van der Waals surface area contributed by atoms with Gasteiger partial charge in [-0.25, -0.2) is 0 Å². The number of hydrogen-bond donors (Lipinski definition) is 1. The Bertz CT molecular complexity index is 522. The highest BCUT2D eigenvalue weighted by atomic mass is 79.9. The molecule has 2 unspecified atom stereocenters. The van der Waals surface area contributed by atoms with Crippen molar-refractivity contribution < 1.29 is 4.79 Å². The summed E-state index contributed by atoms with van der Waals surface area (Å²) >= 11 is 6.89. The van der Waals surface area contributed by atoms with Crippen molar-refractivity contribution in [2.75, 3.05) is 0 Å². The fraction of sp³-hybridized carbons (Fsp3) is 0.588. The smallest absolute Gasteiger partial charge is 0.252 e. The summed E-state index contributed by atoms with van der Waals surface area (Å²) in [7, 11) is 0. The molecule has 116 valence electrons. The molecule has 1 N–H and O–H groups in total. The van der Waals surface area contributed by atoms with E-state index in [1.165, 1.54) is 19.3 Å². The summed E-state index contributed by atoms with van der Waals surface area (Å²) in [4.78, 5) is 12.6. The third-order valence-electron chi connectivity index (χ3n) is 4.37. The van der Waals surface area contributed by atoms with E-state index >= 15 is 0 Å². The van der Waals surface area contributed by atoms with Crippen molar-refractivity contribution in [1.29, 1.82) is 0 Å². The van der Waals surface area contributed by atoms with Gasteiger partial charge in [0.1, 0.15) is 0 Å². The van der Waals surface area contributed by atoms with Gasteiger partial charge in [-0.15, -0.1) is 0 Å². The van der Waals surface area contributed by atoms with Gasteiger partial charge in [0.05, 0.1) is 5.56 Å². The van der Waals surface area contributed by atoms with Crippen molar-refractivity contribution >= 4 is 37.8 Å². The first-order chi connectivity index (χ1) is 9.79. The summed E-state index contributed by atoms with van der Waals surface area (Å²) in [5, 5.41) is 3.27. The van der Waals surface area contributed by atoms with E-state index in [1.54, 1.807) is 0 Å². The quantitative estimate of drug-likeness (QED) is 0.672. The van der Waals surface area contributed by atoms with E-state index in [-0.39, 0.29) is 17.4 Å². The molecule has 0 radical (unpaired) electrons. The summed E-state index contributed by atoms with van der Waals surface area (Å²) in [6.07, 6.45) is 4.77. The van der Waals surface area contributed by atoms with Crippen molar-refractivity contribution in [3.05, 3.63) is 32.7 Å². The SMILES string of the molecule is CC(C)(C)C1CCCCC1NC(=O)c1ccc(Br)cc1Br. The summed E-state index contributed by atoms with van der Waals surface area (Å²) in [6, 6.07) is 5.96. The van der Waals surface area contributed by atoms with Crippen LogP contribution < -0.4 is 5.32 Å². The van der Waals surface area contributed by atoms with E-state index in [9.17, 15) is 4.79 Å². The maximum absolute atomic E-state index is 12.6. The predicted octanol–water partition coefficient (Wildman–Crippen LogP) is 5.55. The molecule has 1 aliphatic rings. The number of amides is 1. The lowest BCUT2D eigenvalue weighted by atomic mass is 9.69. The van der Waals surface area contributed by atoms with Gasteiger partial charge >= 0.3 is 0 Å². The first-order valence-electron chi connectivity index (χ1n) is 7.55. The Kier molecular flexibility index (Phi) is 5.53. The third-order valence-corrected chi connectivity index (χ3v) is 5.52. The molecule has 0 spiro atoms. The molecule has 0 heterocycles. The minimum Gasteiger partial charge on any atom is -0.349 e. The normalized spacial score (nSPS) is 22.9. The zero-order valence-electron chi connectivity index (χ0n) is 12.9. The van der Waals surface area contributed by atoms with Crippen molar-refractivity contribution in [3.8, 4) is 0 Å². The molecule has 1 aliphatic carbocycles. The number of rotatable bonds is 2. The first kappa shape index (κ1) is 17.0. The lowest BCUT2D eigenvalue weighted by Crippen LogP contribution is -2.46. The maximum Gasteiger partial charge on any atom is 0.252 e. The highest BCUT2D eigenvalue weighted by molar-refractivity contribution is 9.11. The highest BCUT2D eigenvalue weighted by Crippen LogP contribution is 2.38. The fourth-order valence-corrected chi connectivity index (χ4v) is 4.49. The van der Waals surface area contributed by atoms with Gasteiger partial charge in [-0.1, -0.05) is 49.5 Å². The van der Waals surface area contributed by atoms with Crippen LogP contribution in [0.3, 0.4) is 0 Å². The predicted molar refractivity (Wildman–Crippen MR) is 94.5 cm³/mol. The summed E-state index contributed by atoms with van der Waals surface area (Å²) < 4.78 is 1.80. The Labute approximate surface area is 144 Å². The average Bonchev–Trinajstić information content (AvgIpc) is 2.37. The van der Waals surface area contributed by atoms with Crippen molar-refractivity contribution in [2.24, 2.45) is 11.3 Å². The number of carbonyl (C=O) groups excluding carboxylic acids is 1. The zero-order valence-corrected chi connectivity index (χ0v) is 16.1. The van der Waals surface area contributed by atoms with Crippen molar-refractivity contribution in [3.63, 3.8) is 0 Å². The second-order valence-electron chi connectivity index (χ2n) is 6.96. The summed E-state index contributed by atoms with van der Waals surface area (Å²) in [5.41, 5.74) is 0.936. The standard InChI is InChI=1S/C17H23Br2NO/c1-17(2,3)13-6-4-5-7-15(13)20-16(21)12-9-8-11(18)10-14(12)19/h8-10,13,15H,4-7H2,1-3H3,(H,20,21). The summed E-state index contributed by atoms with van der Waals surface area (Å²) in [6.45, 7) is 6.83. The molecule has 0 saturated heterocycles. The largest absolute Gasteiger partial charge is 0.349 e. The van der Waals surface area contributed by atoms with E-state index in [4.69, 9.17) is 0 Å². The van der Waals surface area contributed by atoms with Gasteiger partial charge in [0.15, 0.2) is 0 Å². The second-order valence-corrected chi connectivity index (χ2v) is 8.73. The van der Waals surface area contributed by atoms with Crippen molar-refractivity contribution in [2.45, 2.75) is 52.5 Å². The van der Waals surface area contributed by atoms with Crippen LogP contribution in [0.5, 0.6) is 0 Å². The van der Waals surface area contributed by atoms with Crippen LogP contribution in [0.1, 0.15) is 56.8 Å². The van der Waals surface area contributed by atoms with Gasteiger partial charge < -0.3 is 5.32 Å². The number of benzene rings is 1. The molecular weight excluding hydrogens is 394 g/mol. The van der Waals surface area contributed by atoms with Crippen LogP contribution in [0.4, 0.5) is 0 Å². The fourth-order valence-electron chi connectivity index (χ4n) is 3.26. The van der Waals surface area contributed by atoms with E-state index in [0.29, 0.717) is 11.5 Å². The molecule has 1 saturated carbocycles. The lowest BCUT2D eigenvalue weighted by molar-refractivity contribution is 0.0829. The molecule has 0 aliphatic heterocycles. The first-order valence-corrected chi connectivity index (χ1v) is 9.13. The molecule has 1 aromatic carbocycles. The zero-order chi connectivity index (χ0) is 15.6. The number of carbonyl (C=O) groups is 1. The Morgan fingerprint density at radius 1 is 1.19 bits per heavy atom. The van der Waals surface area contributed by atoms with Gasteiger partial charge in [-0.3, -0.25) is 4.79 Å². The number of hydrogen-bond acceptors (Lipinski definition) is 1. The van der Waals surface area contributed by atoms with Crippen LogP contribution >= 0.6 is 31.9 Å². The molecule has 0 bridgehead atoms. The van der Waals surface area contributed by atoms with Crippen LogP contribution in [0.15, 0.2) is 27.1 Å². The van der Waals surface area contributed by atoms with Gasteiger partial charge in [0.2, 0.25) is 0 Å². The molecule has 0 aromatic heterocycles. The van der Waals surface area contributed by atoms with Crippen LogP contribution in [0, 0.1) is 11.3 Å². The molecule has 21 heavy (non-hydrogen) atoms. The monoisotopic (exact) mass is 415 g/mol. The summed E-state index contributed by atoms with van der Waals surface area (Å²) in [5.74, 6) is 0.569. The molecule has 1 amide bonds. The van der Waals surface area contributed by atoms with Gasteiger partial charge in [0, 0.05) is 15.0 Å². The lowest BCUT2D eigenvalue weighted by Gasteiger charge is -2.40. The molecule has 2 atom stereocenters. The van der Waals surface area contributed by atoms with Gasteiger partial charge in [-0.2, -0.15) is 0 Å². The average molecular weight is 417 g/mol. The Morgan fingerprint density at radius 2 is 1.86 bits per heavy atom. The van der Waals surface area contributed by atoms with E-state index in [0.717, 1.165) is 15.4 Å². The third kappa shape index (κ3) is 4.32. The van der Waals surface area contributed by atoms with Gasteiger partial charge in [-0.05, 0) is 58.3 Å². The van der Waals surface area contributed by atoms with Crippen LogP contribution in [0.25, 0.3) is 0 Å². The minimum absolute atomic E-state index is 0.0236. The molecular formula is C17H23Br2NO. The van der Waals surface area contributed by atoms with E-state index < -0.39 is 0 Å². The molecule has 1 fully saturated rings. The van der Waals surface area contributed by atoms with E-state index in [1.807, 2.05) is 18.2 Å². The van der Waals surface area contributed by atoms with Gasteiger partial charge in [0.25, 0.3) is 5.91 Å². The molecule has 4 heteroatoms. The molecule has 2 nitrogen and oxygen atoms in total. The number of nitrogens with one attached hydrogen (secondary N) is 1. The Hall–Kier alpha value is -0.350. The Balaban J connectivity index is 2.13. The van der Waals surface area contributed by atoms with Crippen LogP contribution in [-0.4, -0.2) is 11.9 Å². The highest BCUT2D eigenvalue weighted by Gasteiger charge is 2.35. The molecule has 2 rings (SSSR count). The second kappa shape index (κ2) is 6.82. The minimum atomic E-state index is 0.0236. The maximum atomic E-state index is 12.6. The topological polar surface area (TPSA) is 29.1 Å².